The molecular formula is C36H38N6O6S. The van der Waals surface area contributed by atoms with E-state index in [9.17, 15) is 19.2 Å². The number of piperidine rings is 1. The van der Waals surface area contributed by atoms with Crippen molar-refractivity contribution < 1.29 is 28.7 Å². The SMILES string of the molecule is Cc1cc(Oc2ccccc2)ccc1N1C(=O)Nc2c(C(=O)NC3CCCN(C(=O)C4CCN4C(=O)OC(C)(C)C)C3)sc3nccc1c23. The van der Waals surface area contributed by atoms with E-state index in [1.54, 1.807) is 42.8 Å². The molecule has 2 N–H and O–H groups in total. The lowest BCUT2D eigenvalue weighted by atomic mass is 9.99. The summed E-state index contributed by atoms with van der Waals surface area (Å²) >= 11 is 1.22. The van der Waals surface area contributed by atoms with Gasteiger partial charge in [-0.05, 0) is 88.9 Å². The Hall–Kier alpha value is -5.17. The second kappa shape index (κ2) is 12.7. The zero-order chi connectivity index (χ0) is 34.4. The number of aromatic nitrogens is 1. The number of para-hydroxylation sites is 1. The van der Waals surface area contributed by atoms with Crippen LogP contribution in [0.2, 0.25) is 0 Å². The van der Waals surface area contributed by atoms with Crippen molar-refractivity contribution in [1.82, 2.24) is 20.1 Å². The van der Waals surface area contributed by atoms with Crippen molar-refractivity contribution in [2.75, 3.05) is 29.9 Å². The topological polar surface area (TPSA) is 133 Å². The van der Waals surface area contributed by atoms with Crippen LogP contribution in [0.25, 0.3) is 10.2 Å². The molecule has 2 fully saturated rings. The van der Waals surface area contributed by atoms with Crippen LogP contribution in [0.4, 0.5) is 26.7 Å². The molecule has 2 saturated heterocycles. The summed E-state index contributed by atoms with van der Waals surface area (Å²) in [5.41, 5.74) is 1.91. The number of nitrogens with zero attached hydrogens (tertiary/aromatic N) is 4. The number of likely N-dealkylation sites (tertiary alicyclic amines) is 2. The molecule has 0 saturated carbocycles. The van der Waals surface area contributed by atoms with E-state index < -0.39 is 23.8 Å². The van der Waals surface area contributed by atoms with E-state index in [-0.39, 0.29) is 17.9 Å². The molecule has 0 aliphatic carbocycles. The van der Waals surface area contributed by atoms with Gasteiger partial charge in [-0.15, -0.1) is 11.3 Å². The van der Waals surface area contributed by atoms with E-state index in [1.807, 2.05) is 55.5 Å². The minimum absolute atomic E-state index is 0.135. The predicted molar refractivity (Wildman–Crippen MR) is 187 cm³/mol. The molecule has 13 heteroatoms. The molecule has 0 bridgehead atoms. The first-order valence-corrected chi connectivity index (χ1v) is 17.2. The van der Waals surface area contributed by atoms with Crippen molar-refractivity contribution >= 4 is 62.6 Å². The molecule has 2 aromatic heterocycles. The predicted octanol–water partition coefficient (Wildman–Crippen LogP) is 6.81. The number of benzene rings is 2. The van der Waals surface area contributed by atoms with Crippen molar-refractivity contribution in [3.05, 3.63) is 71.2 Å². The fourth-order valence-electron chi connectivity index (χ4n) is 6.49. The van der Waals surface area contributed by atoms with Gasteiger partial charge in [0.2, 0.25) is 5.91 Å². The third-order valence-corrected chi connectivity index (χ3v) is 9.94. The molecule has 49 heavy (non-hydrogen) atoms. The number of hydrogen-bond donors (Lipinski definition) is 2. The zero-order valence-electron chi connectivity index (χ0n) is 27.8. The van der Waals surface area contributed by atoms with E-state index in [0.29, 0.717) is 82.6 Å². The third kappa shape index (κ3) is 6.38. The smallest absolute Gasteiger partial charge is 0.410 e. The number of carbonyl (C=O) groups excluding carboxylic acids is 4. The van der Waals surface area contributed by atoms with Crippen LogP contribution in [0.5, 0.6) is 11.5 Å². The van der Waals surface area contributed by atoms with E-state index in [1.165, 1.54) is 16.2 Å². The molecule has 5 amide bonds. The Kier molecular flexibility index (Phi) is 8.39. The van der Waals surface area contributed by atoms with Gasteiger partial charge in [0.05, 0.1) is 22.4 Å². The Morgan fingerprint density at radius 1 is 1.00 bits per heavy atom. The summed E-state index contributed by atoms with van der Waals surface area (Å²) in [6.07, 6.45) is 3.13. The average Bonchev–Trinajstić information content (AvgIpc) is 3.40. The van der Waals surface area contributed by atoms with Gasteiger partial charge in [-0.3, -0.25) is 19.4 Å². The summed E-state index contributed by atoms with van der Waals surface area (Å²) in [6.45, 7) is 8.66. The Morgan fingerprint density at radius 3 is 2.51 bits per heavy atom. The second-order valence-electron chi connectivity index (χ2n) is 13.5. The van der Waals surface area contributed by atoms with Gasteiger partial charge < -0.3 is 25.0 Å². The molecule has 2 aromatic carbocycles. The lowest BCUT2D eigenvalue weighted by Crippen LogP contribution is -2.61. The van der Waals surface area contributed by atoms with Crippen molar-refractivity contribution in [2.24, 2.45) is 0 Å². The first kappa shape index (κ1) is 32.4. The van der Waals surface area contributed by atoms with Crippen molar-refractivity contribution in [1.29, 1.82) is 0 Å². The highest BCUT2D eigenvalue weighted by Crippen LogP contribution is 2.46. The van der Waals surface area contributed by atoms with E-state index in [4.69, 9.17) is 9.47 Å². The summed E-state index contributed by atoms with van der Waals surface area (Å²) in [5, 5.41) is 6.75. The van der Waals surface area contributed by atoms with Crippen molar-refractivity contribution in [3.63, 3.8) is 0 Å². The fourth-order valence-corrected chi connectivity index (χ4v) is 7.51. The molecular weight excluding hydrogens is 644 g/mol. The number of anilines is 3. The molecule has 3 aliphatic rings. The number of amides is 5. The Balaban J connectivity index is 1.07. The zero-order valence-corrected chi connectivity index (χ0v) is 28.6. The number of thiophene rings is 1. The van der Waals surface area contributed by atoms with Crippen LogP contribution in [0, 0.1) is 6.92 Å². The van der Waals surface area contributed by atoms with Crippen LogP contribution in [-0.2, 0) is 9.53 Å². The minimum atomic E-state index is -0.649. The van der Waals surface area contributed by atoms with E-state index in [2.05, 4.69) is 15.6 Å². The van der Waals surface area contributed by atoms with Crippen LogP contribution < -0.4 is 20.3 Å². The van der Waals surface area contributed by atoms with Crippen LogP contribution in [0.1, 0.15) is 55.3 Å². The number of aryl methyl sites for hydroxylation is 1. The molecule has 0 spiro atoms. The summed E-state index contributed by atoms with van der Waals surface area (Å²) in [4.78, 5) is 63.8. The van der Waals surface area contributed by atoms with Gasteiger partial charge in [0.25, 0.3) is 5.91 Å². The molecule has 12 nitrogen and oxygen atoms in total. The molecule has 2 atom stereocenters. The lowest BCUT2D eigenvalue weighted by Gasteiger charge is -2.44. The first-order valence-electron chi connectivity index (χ1n) is 16.4. The van der Waals surface area contributed by atoms with Crippen LogP contribution in [0.3, 0.4) is 0 Å². The van der Waals surface area contributed by atoms with Gasteiger partial charge in [-0.2, -0.15) is 0 Å². The van der Waals surface area contributed by atoms with Gasteiger partial charge in [-0.1, -0.05) is 18.2 Å². The maximum atomic E-state index is 13.8. The van der Waals surface area contributed by atoms with Gasteiger partial charge in [0.1, 0.15) is 32.8 Å². The minimum Gasteiger partial charge on any atom is -0.457 e. The number of pyridine rings is 1. The normalized spacial score (nSPS) is 18.9. The molecule has 7 rings (SSSR count). The van der Waals surface area contributed by atoms with Crippen LogP contribution in [0.15, 0.2) is 60.8 Å². The quantitative estimate of drug-likeness (QED) is 0.228. The van der Waals surface area contributed by atoms with Gasteiger partial charge in [-0.25, -0.2) is 14.6 Å². The van der Waals surface area contributed by atoms with Crippen LogP contribution in [-0.4, -0.2) is 76.0 Å². The van der Waals surface area contributed by atoms with E-state index >= 15 is 0 Å². The second-order valence-corrected chi connectivity index (χ2v) is 14.5. The Bertz CT molecular complexity index is 1960. The highest BCUT2D eigenvalue weighted by atomic mass is 32.1. The summed E-state index contributed by atoms with van der Waals surface area (Å²) in [5.74, 6) is 0.889. The summed E-state index contributed by atoms with van der Waals surface area (Å²) < 4.78 is 11.5. The van der Waals surface area contributed by atoms with E-state index in [0.717, 1.165) is 5.56 Å². The maximum Gasteiger partial charge on any atom is 0.410 e. The molecule has 2 unspecified atom stereocenters. The number of urea groups is 1. The average molecular weight is 683 g/mol. The van der Waals surface area contributed by atoms with Gasteiger partial charge >= 0.3 is 12.1 Å². The first-order chi connectivity index (χ1) is 23.5. The number of carbonyl (C=O) groups is 4. The van der Waals surface area contributed by atoms with Crippen molar-refractivity contribution in [2.45, 2.75) is 64.6 Å². The number of rotatable bonds is 6. The standard InChI is InChI=1S/C36H38N6O6S/c1-21-19-24(47-23-10-6-5-7-11-23)12-13-25(21)42-26-14-16-37-32-28(26)29(39-34(42)45)30(49-32)31(43)38-22-9-8-17-40(20-22)33(44)27-15-18-41(27)35(46)48-36(2,3)4/h5-7,10-14,16,19,22,27H,8-9,15,17-18,20H2,1-4H3,(H,38,43)(H,39,45). The molecule has 5 heterocycles. The Labute approximate surface area is 288 Å². The molecule has 3 aliphatic heterocycles. The van der Waals surface area contributed by atoms with Gasteiger partial charge in [0.15, 0.2) is 0 Å². The summed E-state index contributed by atoms with van der Waals surface area (Å²) in [6, 6.07) is 15.6. The number of ether oxygens (including phenoxy) is 2. The lowest BCUT2D eigenvalue weighted by molar-refractivity contribution is -0.142. The fraction of sp³-hybridized carbons (Fsp3) is 0.361. The highest BCUT2D eigenvalue weighted by molar-refractivity contribution is 7.21. The monoisotopic (exact) mass is 682 g/mol. The molecule has 254 valence electrons. The largest absolute Gasteiger partial charge is 0.457 e. The maximum absolute atomic E-state index is 13.8. The highest BCUT2D eigenvalue weighted by Gasteiger charge is 2.43. The molecule has 4 aromatic rings. The summed E-state index contributed by atoms with van der Waals surface area (Å²) in [7, 11) is 0. The van der Waals surface area contributed by atoms with Crippen LogP contribution >= 0.6 is 11.3 Å². The Morgan fingerprint density at radius 2 is 1.80 bits per heavy atom. The third-order valence-electron chi connectivity index (χ3n) is 8.84. The van der Waals surface area contributed by atoms with Crippen molar-refractivity contribution in [3.8, 4) is 11.5 Å². The number of hydrogen-bond acceptors (Lipinski definition) is 8. The number of nitrogens with one attached hydrogen (secondary N) is 2. The van der Waals surface area contributed by atoms with Gasteiger partial charge in [0, 0.05) is 31.9 Å². The molecule has 0 radical (unpaired) electrons.